The molecule has 0 saturated carbocycles. The largest absolute Gasteiger partial charge is 0.508 e. The topological polar surface area (TPSA) is 87.7 Å². The van der Waals surface area contributed by atoms with E-state index in [1.54, 1.807) is 36.4 Å². The molecule has 3 N–H and O–H groups in total. The van der Waals surface area contributed by atoms with E-state index in [1.165, 1.54) is 12.1 Å². The van der Waals surface area contributed by atoms with Gasteiger partial charge in [0.15, 0.2) is 0 Å². The molecule has 154 valence electrons. The average Bonchev–Trinajstić information content (AvgIpc) is 2.78. The Morgan fingerprint density at radius 3 is 2.10 bits per heavy atom. The molecule has 6 heteroatoms. The van der Waals surface area contributed by atoms with Crippen molar-refractivity contribution in [3.8, 4) is 11.5 Å². The fourth-order valence-electron chi connectivity index (χ4n) is 2.79. The van der Waals surface area contributed by atoms with E-state index in [1.807, 2.05) is 30.3 Å². The number of rotatable bonds is 9. The summed E-state index contributed by atoms with van der Waals surface area (Å²) in [6.45, 7) is 1.33. The molecule has 0 radical (unpaired) electrons. The van der Waals surface area contributed by atoms with Crippen LogP contribution in [0.4, 0.5) is 0 Å². The number of ether oxygens (including phenoxy) is 1. The molecule has 0 aliphatic carbocycles. The number of nitrogens with one attached hydrogen (secondary N) is 2. The summed E-state index contributed by atoms with van der Waals surface area (Å²) in [6, 6.07) is 23.0. The van der Waals surface area contributed by atoms with E-state index in [9.17, 15) is 14.7 Å². The summed E-state index contributed by atoms with van der Waals surface area (Å²) in [6.07, 6.45) is 0.592. The predicted molar refractivity (Wildman–Crippen MR) is 115 cm³/mol. The predicted octanol–water partition coefficient (Wildman–Crippen LogP) is 3.52. The van der Waals surface area contributed by atoms with E-state index in [-0.39, 0.29) is 17.6 Å². The van der Waals surface area contributed by atoms with Gasteiger partial charge in [-0.25, -0.2) is 0 Å². The Morgan fingerprint density at radius 2 is 1.43 bits per heavy atom. The average molecular weight is 404 g/mol. The van der Waals surface area contributed by atoms with Crippen LogP contribution in [0, 0.1) is 0 Å². The zero-order valence-corrected chi connectivity index (χ0v) is 16.5. The lowest BCUT2D eigenvalue weighted by Crippen LogP contribution is -2.29. The summed E-state index contributed by atoms with van der Waals surface area (Å²) < 4.78 is 5.72. The standard InChI is InChI=1S/C24H24N2O4/c27-21-9-4-8-20(16-21)24(29)26-15-5-14-25-23(28)19-10-12-22(13-11-19)30-17-18-6-2-1-3-7-18/h1-4,6-13,16,27H,5,14-15,17H2,(H,25,28)(H,26,29). The van der Waals surface area contributed by atoms with E-state index in [4.69, 9.17) is 4.74 Å². The number of phenolic OH excluding ortho intramolecular Hbond substituents is 1. The number of hydrogen-bond donors (Lipinski definition) is 3. The molecule has 2 amide bonds. The van der Waals surface area contributed by atoms with Crippen LogP contribution in [0.2, 0.25) is 0 Å². The van der Waals surface area contributed by atoms with Crippen LogP contribution in [-0.2, 0) is 6.61 Å². The maximum absolute atomic E-state index is 12.2. The van der Waals surface area contributed by atoms with Crippen LogP contribution >= 0.6 is 0 Å². The highest BCUT2D eigenvalue weighted by Gasteiger charge is 2.07. The third kappa shape index (κ3) is 6.38. The van der Waals surface area contributed by atoms with Crippen LogP contribution in [0.5, 0.6) is 11.5 Å². The van der Waals surface area contributed by atoms with Gasteiger partial charge in [0.1, 0.15) is 18.1 Å². The van der Waals surface area contributed by atoms with Crippen LogP contribution in [0.25, 0.3) is 0 Å². The van der Waals surface area contributed by atoms with E-state index < -0.39 is 0 Å². The number of hydrogen-bond acceptors (Lipinski definition) is 4. The van der Waals surface area contributed by atoms with Crippen molar-refractivity contribution in [2.75, 3.05) is 13.1 Å². The highest BCUT2D eigenvalue weighted by Crippen LogP contribution is 2.14. The summed E-state index contributed by atoms with van der Waals surface area (Å²) in [5.41, 5.74) is 2.02. The molecule has 0 saturated heterocycles. The van der Waals surface area contributed by atoms with Gasteiger partial charge in [-0.2, -0.15) is 0 Å². The Bertz CT molecular complexity index is 972. The van der Waals surface area contributed by atoms with Crippen LogP contribution in [-0.4, -0.2) is 30.0 Å². The van der Waals surface area contributed by atoms with Crippen molar-refractivity contribution in [2.24, 2.45) is 0 Å². The first-order valence-electron chi connectivity index (χ1n) is 9.74. The van der Waals surface area contributed by atoms with Crippen molar-refractivity contribution < 1.29 is 19.4 Å². The van der Waals surface area contributed by atoms with Crippen molar-refractivity contribution in [2.45, 2.75) is 13.0 Å². The molecule has 0 bridgehead atoms. The van der Waals surface area contributed by atoms with Crippen molar-refractivity contribution in [1.29, 1.82) is 0 Å². The van der Waals surface area contributed by atoms with Crippen LogP contribution in [0.15, 0.2) is 78.9 Å². The molecule has 6 nitrogen and oxygen atoms in total. The van der Waals surface area contributed by atoms with Gasteiger partial charge in [-0.05, 0) is 54.4 Å². The Hall–Kier alpha value is -3.80. The first-order chi connectivity index (χ1) is 14.6. The van der Waals surface area contributed by atoms with Gasteiger partial charge in [-0.1, -0.05) is 36.4 Å². The smallest absolute Gasteiger partial charge is 0.251 e. The molecule has 3 aromatic rings. The minimum Gasteiger partial charge on any atom is -0.508 e. The van der Waals surface area contributed by atoms with Crippen molar-refractivity contribution in [1.82, 2.24) is 10.6 Å². The normalized spacial score (nSPS) is 10.3. The summed E-state index contributed by atoms with van der Waals surface area (Å²) in [7, 11) is 0. The zero-order chi connectivity index (χ0) is 21.2. The zero-order valence-electron chi connectivity index (χ0n) is 16.5. The quantitative estimate of drug-likeness (QED) is 0.476. The van der Waals surface area contributed by atoms with Gasteiger partial charge < -0.3 is 20.5 Å². The van der Waals surface area contributed by atoms with Gasteiger partial charge in [0.2, 0.25) is 0 Å². The van der Waals surface area contributed by atoms with Gasteiger partial charge in [0.05, 0.1) is 0 Å². The SMILES string of the molecule is O=C(NCCCNC(=O)c1cccc(O)c1)c1ccc(OCc2ccccc2)cc1. The lowest BCUT2D eigenvalue weighted by molar-refractivity contribution is 0.0951. The van der Waals surface area contributed by atoms with Gasteiger partial charge in [0, 0.05) is 24.2 Å². The van der Waals surface area contributed by atoms with E-state index in [2.05, 4.69) is 10.6 Å². The van der Waals surface area contributed by atoms with Crippen LogP contribution in [0.3, 0.4) is 0 Å². The highest BCUT2D eigenvalue weighted by molar-refractivity contribution is 5.95. The maximum Gasteiger partial charge on any atom is 0.251 e. The molecule has 0 heterocycles. The lowest BCUT2D eigenvalue weighted by Gasteiger charge is -2.09. The van der Waals surface area contributed by atoms with Gasteiger partial charge in [0.25, 0.3) is 11.8 Å². The Balaban J connectivity index is 1.36. The molecule has 0 unspecified atom stereocenters. The second-order valence-corrected chi connectivity index (χ2v) is 6.71. The minimum absolute atomic E-state index is 0.0476. The Kier molecular flexibility index (Phi) is 7.44. The van der Waals surface area contributed by atoms with E-state index in [0.29, 0.717) is 43.0 Å². The number of benzene rings is 3. The molecule has 3 aromatic carbocycles. The lowest BCUT2D eigenvalue weighted by atomic mass is 10.2. The second-order valence-electron chi connectivity index (χ2n) is 6.71. The van der Waals surface area contributed by atoms with Gasteiger partial charge in [-0.15, -0.1) is 0 Å². The summed E-state index contributed by atoms with van der Waals surface area (Å²) >= 11 is 0. The molecule has 0 aliphatic heterocycles. The molecule has 0 aromatic heterocycles. The van der Waals surface area contributed by atoms with Crippen LogP contribution < -0.4 is 15.4 Å². The van der Waals surface area contributed by atoms with Crippen molar-refractivity contribution in [3.63, 3.8) is 0 Å². The van der Waals surface area contributed by atoms with Crippen molar-refractivity contribution in [3.05, 3.63) is 95.6 Å². The minimum atomic E-state index is -0.261. The second kappa shape index (κ2) is 10.7. The summed E-state index contributed by atoms with van der Waals surface area (Å²) in [5.74, 6) is 0.309. The summed E-state index contributed by atoms with van der Waals surface area (Å²) in [5, 5.41) is 15.0. The first kappa shape index (κ1) is 20.9. The van der Waals surface area contributed by atoms with Gasteiger partial charge >= 0.3 is 0 Å². The molecule has 0 aliphatic rings. The molecular formula is C24H24N2O4. The number of amides is 2. The van der Waals surface area contributed by atoms with E-state index in [0.717, 1.165) is 5.56 Å². The monoisotopic (exact) mass is 404 g/mol. The molecular weight excluding hydrogens is 380 g/mol. The number of aromatic hydroxyl groups is 1. The van der Waals surface area contributed by atoms with E-state index >= 15 is 0 Å². The first-order valence-corrected chi connectivity index (χ1v) is 9.74. The highest BCUT2D eigenvalue weighted by atomic mass is 16.5. The van der Waals surface area contributed by atoms with Crippen molar-refractivity contribution >= 4 is 11.8 Å². The molecule has 3 rings (SSSR count). The third-order valence-corrected chi connectivity index (χ3v) is 4.40. The fourth-order valence-corrected chi connectivity index (χ4v) is 2.79. The Morgan fingerprint density at radius 1 is 0.767 bits per heavy atom. The molecule has 0 spiro atoms. The Labute approximate surface area is 175 Å². The third-order valence-electron chi connectivity index (χ3n) is 4.40. The number of carbonyl (C=O) groups is 2. The molecule has 0 fully saturated rings. The summed E-state index contributed by atoms with van der Waals surface area (Å²) in [4.78, 5) is 24.2. The molecule has 0 atom stereocenters. The number of carbonyl (C=O) groups excluding carboxylic acids is 2. The fraction of sp³-hybridized carbons (Fsp3) is 0.167. The maximum atomic E-state index is 12.2. The van der Waals surface area contributed by atoms with Gasteiger partial charge in [-0.3, -0.25) is 9.59 Å². The number of phenols is 1. The van der Waals surface area contributed by atoms with Crippen LogP contribution in [0.1, 0.15) is 32.7 Å². The molecule has 30 heavy (non-hydrogen) atoms.